The van der Waals surface area contributed by atoms with Crippen molar-refractivity contribution in [3.8, 4) is 0 Å². The van der Waals surface area contributed by atoms with Gasteiger partial charge < -0.3 is 0 Å². The molecule has 1 saturated heterocycles. The van der Waals surface area contributed by atoms with E-state index >= 15 is 0 Å². The van der Waals surface area contributed by atoms with E-state index < -0.39 is 10.0 Å². The Kier molecular flexibility index (Phi) is 5.94. The van der Waals surface area contributed by atoms with Gasteiger partial charge in [0.1, 0.15) is 4.21 Å². The Morgan fingerprint density at radius 3 is 2.29 bits per heavy atom. The van der Waals surface area contributed by atoms with Crippen molar-refractivity contribution in [2.75, 3.05) is 13.1 Å². The highest BCUT2D eigenvalue weighted by molar-refractivity contribution is 7.91. The summed E-state index contributed by atoms with van der Waals surface area (Å²) in [5.74, 6) is 0. The Hall–Kier alpha value is -0.920. The number of sulfonamides is 1. The molecule has 7 heteroatoms. The maximum atomic E-state index is 12.2. The van der Waals surface area contributed by atoms with Gasteiger partial charge in [-0.3, -0.25) is 4.90 Å². The number of piperidine rings is 1. The molecule has 1 aromatic carbocycles. The third-order valence-electron chi connectivity index (χ3n) is 4.16. The van der Waals surface area contributed by atoms with E-state index in [1.165, 1.54) is 44.0 Å². The van der Waals surface area contributed by atoms with Crippen LogP contribution in [0.4, 0.5) is 0 Å². The average molecular weight is 385 g/mol. The number of rotatable bonds is 6. The fourth-order valence-corrected chi connectivity index (χ4v) is 5.37. The standard InChI is InChI=1S/C17H21ClN2O2S2/c18-16-8-9-17(23-16)24(21,22)19-12-14-4-6-15(7-5-14)13-20-10-2-1-3-11-20/h4-9,19H,1-3,10-13H2. The molecule has 1 N–H and O–H groups in total. The quantitative estimate of drug-likeness (QED) is 0.822. The van der Waals surface area contributed by atoms with Gasteiger partial charge in [0.15, 0.2) is 0 Å². The minimum absolute atomic E-state index is 0.245. The van der Waals surface area contributed by atoms with Crippen LogP contribution in [0.1, 0.15) is 30.4 Å². The number of likely N-dealkylation sites (tertiary alicyclic amines) is 1. The summed E-state index contributed by atoms with van der Waals surface area (Å²) in [5.41, 5.74) is 2.22. The Labute approximate surface area is 152 Å². The van der Waals surface area contributed by atoms with Gasteiger partial charge >= 0.3 is 0 Å². The number of nitrogens with zero attached hydrogens (tertiary/aromatic N) is 1. The molecule has 0 spiro atoms. The molecule has 2 heterocycles. The first-order chi connectivity index (χ1) is 11.5. The number of benzene rings is 1. The molecule has 0 unspecified atom stereocenters. The number of thiophene rings is 1. The molecule has 0 atom stereocenters. The van der Waals surface area contributed by atoms with Crippen molar-refractivity contribution in [1.29, 1.82) is 0 Å². The topological polar surface area (TPSA) is 49.4 Å². The highest BCUT2D eigenvalue weighted by Crippen LogP contribution is 2.25. The zero-order chi connectivity index (χ0) is 17.0. The van der Waals surface area contributed by atoms with E-state index in [-0.39, 0.29) is 10.8 Å². The van der Waals surface area contributed by atoms with E-state index in [4.69, 9.17) is 11.6 Å². The van der Waals surface area contributed by atoms with Crippen molar-refractivity contribution in [3.63, 3.8) is 0 Å². The Morgan fingerprint density at radius 2 is 1.67 bits per heavy atom. The summed E-state index contributed by atoms with van der Waals surface area (Å²) in [4.78, 5) is 2.47. The minimum atomic E-state index is -3.49. The Morgan fingerprint density at radius 1 is 1.00 bits per heavy atom. The molecule has 0 aliphatic carbocycles. The zero-order valence-corrected chi connectivity index (χ0v) is 15.8. The van der Waals surface area contributed by atoms with Crippen LogP contribution in [0.5, 0.6) is 0 Å². The molecule has 24 heavy (non-hydrogen) atoms. The molecular weight excluding hydrogens is 364 g/mol. The van der Waals surface area contributed by atoms with Crippen LogP contribution < -0.4 is 4.72 Å². The van der Waals surface area contributed by atoms with Crippen LogP contribution in [-0.4, -0.2) is 26.4 Å². The molecule has 0 amide bonds. The van der Waals surface area contributed by atoms with Gasteiger partial charge in [-0.1, -0.05) is 42.3 Å². The fourth-order valence-electron chi connectivity index (χ4n) is 2.83. The second-order valence-corrected chi connectivity index (χ2v) is 9.75. The van der Waals surface area contributed by atoms with E-state index in [1.54, 1.807) is 6.07 Å². The summed E-state index contributed by atoms with van der Waals surface area (Å²) < 4.78 is 27.7. The summed E-state index contributed by atoms with van der Waals surface area (Å²) in [7, 11) is -3.49. The van der Waals surface area contributed by atoms with Crippen molar-refractivity contribution in [1.82, 2.24) is 9.62 Å². The average Bonchev–Trinajstić information content (AvgIpc) is 3.03. The lowest BCUT2D eigenvalue weighted by Gasteiger charge is -2.26. The molecule has 1 aliphatic rings. The van der Waals surface area contributed by atoms with Gasteiger partial charge in [-0.15, -0.1) is 11.3 Å². The molecule has 1 aromatic heterocycles. The predicted octanol–water partition coefficient (Wildman–Crippen LogP) is 3.87. The fraction of sp³-hybridized carbons (Fsp3) is 0.412. The maximum absolute atomic E-state index is 12.2. The minimum Gasteiger partial charge on any atom is -0.299 e. The summed E-state index contributed by atoms with van der Waals surface area (Å²) in [5, 5.41) is 0. The van der Waals surface area contributed by atoms with Crippen molar-refractivity contribution in [2.24, 2.45) is 0 Å². The molecule has 2 aromatic rings. The van der Waals surface area contributed by atoms with Crippen LogP contribution in [0.2, 0.25) is 4.34 Å². The van der Waals surface area contributed by atoms with E-state index in [0.717, 1.165) is 23.4 Å². The smallest absolute Gasteiger partial charge is 0.250 e. The SMILES string of the molecule is O=S(=O)(NCc1ccc(CN2CCCCC2)cc1)c1ccc(Cl)s1. The molecule has 0 bridgehead atoms. The lowest BCUT2D eigenvalue weighted by molar-refractivity contribution is 0.221. The lowest BCUT2D eigenvalue weighted by atomic mass is 10.1. The molecule has 0 saturated carbocycles. The normalized spacial score (nSPS) is 16.4. The van der Waals surface area contributed by atoms with Crippen LogP contribution in [0, 0.1) is 0 Å². The molecule has 1 aliphatic heterocycles. The summed E-state index contributed by atoms with van der Waals surface area (Å²) in [6, 6.07) is 11.3. The number of hydrogen-bond acceptors (Lipinski definition) is 4. The van der Waals surface area contributed by atoms with Gasteiger partial charge in [-0.25, -0.2) is 13.1 Å². The van der Waals surface area contributed by atoms with Crippen molar-refractivity contribution < 1.29 is 8.42 Å². The number of nitrogens with one attached hydrogen (secondary N) is 1. The van der Waals surface area contributed by atoms with E-state index in [9.17, 15) is 8.42 Å². The highest BCUT2D eigenvalue weighted by Gasteiger charge is 2.16. The van der Waals surface area contributed by atoms with Crippen LogP contribution in [0.25, 0.3) is 0 Å². The van der Waals surface area contributed by atoms with Crippen molar-refractivity contribution in [3.05, 3.63) is 51.9 Å². The molecular formula is C17H21ClN2O2S2. The zero-order valence-electron chi connectivity index (χ0n) is 13.4. The van der Waals surface area contributed by atoms with Crippen LogP contribution in [0.3, 0.4) is 0 Å². The van der Waals surface area contributed by atoms with Crippen LogP contribution in [0.15, 0.2) is 40.6 Å². The molecule has 4 nitrogen and oxygen atoms in total. The maximum Gasteiger partial charge on any atom is 0.250 e. The predicted molar refractivity (Wildman–Crippen MR) is 98.9 cm³/mol. The summed E-state index contributed by atoms with van der Waals surface area (Å²) >= 11 is 6.86. The Bertz CT molecular complexity index is 766. The van der Waals surface area contributed by atoms with E-state index in [1.807, 2.05) is 12.1 Å². The van der Waals surface area contributed by atoms with Gasteiger partial charge in [0.25, 0.3) is 0 Å². The first kappa shape index (κ1) is 17.9. The Balaban J connectivity index is 1.56. The van der Waals surface area contributed by atoms with Gasteiger partial charge in [0.05, 0.1) is 4.34 Å². The van der Waals surface area contributed by atoms with Gasteiger partial charge in [0.2, 0.25) is 10.0 Å². The highest BCUT2D eigenvalue weighted by atomic mass is 35.5. The summed E-state index contributed by atoms with van der Waals surface area (Å²) in [6.07, 6.45) is 3.91. The van der Waals surface area contributed by atoms with Gasteiger partial charge in [0, 0.05) is 13.1 Å². The van der Waals surface area contributed by atoms with Gasteiger partial charge in [-0.2, -0.15) is 0 Å². The molecule has 3 rings (SSSR count). The lowest BCUT2D eigenvalue weighted by Crippen LogP contribution is -2.29. The first-order valence-electron chi connectivity index (χ1n) is 8.08. The largest absolute Gasteiger partial charge is 0.299 e. The summed E-state index contributed by atoms with van der Waals surface area (Å²) in [6.45, 7) is 3.59. The monoisotopic (exact) mass is 384 g/mol. The van der Waals surface area contributed by atoms with Crippen LogP contribution in [-0.2, 0) is 23.1 Å². The van der Waals surface area contributed by atoms with Gasteiger partial charge in [-0.05, 0) is 49.2 Å². The van der Waals surface area contributed by atoms with E-state index in [2.05, 4.69) is 21.8 Å². The third kappa shape index (κ3) is 4.80. The first-order valence-corrected chi connectivity index (χ1v) is 10.8. The number of hydrogen-bond donors (Lipinski definition) is 1. The van der Waals surface area contributed by atoms with Crippen LogP contribution >= 0.6 is 22.9 Å². The van der Waals surface area contributed by atoms with Crippen molar-refractivity contribution >= 4 is 33.0 Å². The molecule has 130 valence electrons. The van der Waals surface area contributed by atoms with E-state index in [0.29, 0.717) is 4.34 Å². The molecule has 1 fully saturated rings. The third-order valence-corrected chi connectivity index (χ3v) is 7.28. The number of halogens is 1. The second kappa shape index (κ2) is 7.97. The molecule has 0 radical (unpaired) electrons. The van der Waals surface area contributed by atoms with Crippen molar-refractivity contribution in [2.45, 2.75) is 36.6 Å². The second-order valence-electron chi connectivity index (χ2n) is 6.04.